The van der Waals surface area contributed by atoms with Crippen LogP contribution in [0, 0.1) is 0 Å². The van der Waals surface area contributed by atoms with Crippen LogP contribution in [0.3, 0.4) is 0 Å². The molecule has 1 saturated carbocycles. The quantitative estimate of drug-likeness (QED) is 0.698. The van der Waals surface area contributed by atoms with Gasteiger partial charge in [0.05, 0.1) is 5.54 Å². The highest BCUT2D eigenvalue weighted by atomic mass is 35.5. The van der Waals surface area contributed by atoms with Crippen molar-refractivity contribution in [2.24, 2.45) is 4.99 Å². The average molecular weight is 492 g/mol. The largest absolute Gasteiger partial charge is 0.342 e. The standard InChI is InChI=1S/C27H30ClN5O2/c1-27(2)17-32(25(34)23-8-4-7-22(31-23)18-9-10-18)13-14-33(27)26(35)24-29-12-11-20(16-30-24)19-5-3-6-21(28)15-19/h3-8,15-16,18H,9-14,17H2,1-2H3,(H,29,30). The predicted octanol–water partition coefficient (Wildman–Crippen LogP) is 4.11. The van der Waals surface area contributed by atoms with Crippen molar-refractivity contribution >= 4 is 34.8 Å². The van der Waals surface area contributed by atoms with E-state index in [1.54, 1.807) is 6.07 Å². The number of carbonyl (C=O) groups is 2. The average Bonchev–Trinajstić information content (AvgIpc) is 3.70. The summed E-state index contributed by atoms with van der Waals surface area (Å²) in [6.45, 7) is 5.82. The second-order valence-corrected chi connectivity index (χ2v) is 10.5. The monoisotopic (exact) mass is 491 g/mol. The molecule has 7 nitrogen and oxygen atoms in total. The number of nitrogens with one attached hydrogen (secondary N) is 1. The molecule has 5 rings (SSSR count). The summed E-state index contributed by atoms with van der Waals surface area (Å²) < 4.78 is 0. The van der Waals surface area contributed by atoms with E-state index in [2.05, 4.69) is 15.3 Å². The van der Waals surface area contributed by atoms with E-state index in [-0.39, 0.29) is 11.8 Å². The highest BCUT2D eigenvalue weighted by Gasteiger charge is 2.40. The van der Waals surface area contributed by atoms with Crippen LogP contribution < -0.4 is 5.32 Å². The summed E-state index contributed by atoms with van der Waals surface area (Å²) in [5.41, 5.74) is 3.01. The zero-order valence-electron chi connectivity index (χ0n) is 20.1. The molecule has 3 aliphatic rings. The molecule has 3 heterocycles. The molecular formula is C27H30ClN5O2. The van der Waals surface area contributed by atoms with E-state index < -0.39 is 5.54 Å². The molecule has 1 aromatic carbocycles. The molecule has 0 unspecified atom stereocenters. The van der Waals surface area contributed by atoms with E-state index in [4.69, 9.17) is 11.6 Å². The molecule has 2 fully saturated rings. The van der Waals surface area contributed by atoms with Crippen molar-refractivity contribution in [3.05, 3.63) is 70.6 Å². The fourth-order valence-corrected chi connectivity index (χ4v) is 4.97. The zero-order valence-corrected chi connectivity index (χ0v) is 20.9. The maximum absolute atomic E-state index is 13.5. The Bertz CT molecular complexity index is 1220. The molecule has 2 aliphatic heterocycles. The molecule has 1 N–H and O–H groups in total. The molecule has 8 heteroatoms. The molecule has 2 aromatic rings. The smallest absolute Gasteiger partial charge is 0.289 e. The van der Waals surface area contributed by atoms with E-state index in [1.807, 2.05) is 66.2 Å². The van der Waals surface area contributed by atoms with Gasteiger partial charge in [-0.15, -0.1) is 0 Å². The molecule has 0 bridgehead atoms. The molecule has 1 saturated heterocycles. The van der Waals surface area contributed by atoms with Crippen LogP contribution >= 0.6 is 11.6 Å². The van der Waals surface area contributed by atoms with Crippen LogP contribution in [-0.4, -0.2) is 64.2 Å². The summed E-state index contributed by atoms with van der Waals surface area (Å²) in [4.78, 5) is 39.4. The number of hydrogen-bond donors (Lipinski definition) is 1. The predicted molar refractivity (Wildman–Crippen MR) is 137 cm³/mol. The molecular weight excluding hydrogens is 462 g/mol. The van der Waals surface area contributed by atoms with E-state index in [9.17, 15) is 9.59 Å². The summed E-state index contributed by atoms with van der Waals surface area (Å²) in [6, 6.07) is 13.4. The summed E-state index contributed by atoms with van der Waals surface area (Å²) in [6.07, 6.45) is 4.85. The second kappa shape index (κ2) is 9.46. The number of aromatic nitrogens is 1. The Balaban J connectivity index is 1.26. The molecule has 182 valence electrons. The van der Waals surface area contributed by atoms with Crippen molar-refractivity contribution in [3.63, 3.8) is 0 Å². The molecule has 1 aromatic heterocycles. The fourth-order valence-electron chi connectivity index (χ4n) is 4.78. The van der Waals surface area contributed by atoms with Crippen LogP contribution in [0.4, 0.5) is 0 Å². The second-order valence-electron chi connectivity index (χ2n) is 10.0. The first kappa shape index (κ1) is 23.5. The van der Waals surface area contributed by atoms with Crippen molar-refractivity contribution in [2.45, 2.75) is 44.6 Å². The van der Waals surface area contributed by atoms with Crippen LogP contribution in [0.15, 0.2) is 53.7 Å². The van der Waals surface area contributed by atoms with Crippen LogP contribution in [0.2, 0.25) is 5.02 Å². The van der Waals surface area contributed by atoms with Gasteiger partial charge in [-0.25, -0.2) is 4.98 Å². The normalized spacial score (nSPS) is 19.9. The van der Waals surface area contributed by atoms with Gasteiger partial charge in [0, 0.05) is 49.0 Å². The highest BCUT2D eigenvalue weighted by molar-refractivity contribution is 6.38. The minimum absolute atomic E-state index is 0.0771. The number of halogens is 1. The number of rotatable bonds is 4. The summed E-state index contributed by atoms with van der Waals surface area (Å²) >= 11 is 6.15. The highest BCUT2D eigenvalue weighted by Crippen LogP contribution is 2.39. The molecule has 0 atom stereocenters. The number of amides is 2. The van der Waals surface area contributed by atoms with Crippen molar-refractivity contribution in [1.82, 2.24) is 20.1 Å². The Hall–Kier alpha value is -3.19. The third kappa shape index (κ3) is 5.10. The van der Waals surface area contributed by atoms with E-state index in [1.165, 1.54) is 0 Å². The van der Waals surface area contributed by atoms with Crippen LogP contribution in [0.1, 0.15) is 60.8 Å². The van der Waals surface area contributed by atoms with Gasteiger partial charge in [-0.1, -0.05) is 29.8 Å². The zero-order chi connectivity index (χ0) is 24.6. The molecule has 0 radical (unpaired) electrons. The lowest BCUT2D eigenvalue weighted by atomic mass is 9.98. The third-order valence-corrected chi connectivity index (χ3v) is 7.09. The Labute approximate surface area is 210 Å². The Morgan fingerprint density at radius 3 is 2.63 bits per heavy atom. The number of aliphatic imine (C=N–C) groups is 1. The van der Waals surface area contributed by atoms with Gasteiger partial charge < -0.3 is 15.1 Å². The number of nitrogens with zero attached hydrogens (tertiary/aromatic N) is 4. The van der Waals surface area contributed by atoms with Crippen LogP contribution in [0.5, 0.6) is 0 Å². The lowest BCUT2D eigenvalue weighted by molar-refractivity contribution is -0.132. The summed E-state index contributed by atoms with van der Waals surface area (Å²) in [5, 5.41) is 3.80. The van der Waals surface area contributed by atoms with E-state index in [0.717, 1.165) is 29.7 Å². The van der Waals surface area contributed by atoms with Crippen molar-refractivity contribution in [2.75, 3.05) is 26.2 Å². The first-order valence-electron chi connectivity index (χ1n) is 12.2. The topological polar surface area (TPSA) is 77.9 Å². The Kier molecular flexibility index (Phi) is 6.36. The number of piperazine rings is 1. The maximum Gasteiger partial charge on any atom is 0.289 e. The molecule has 0 spiro atoms. The van der Waals surface area contributed by atoms with Crippen molar-refractivity contribution < 1.29 is 9.59 Å². The van der Waals surface area contributed by atoms with Gasteiger partial charge in [-0.2, -0.15) is 0 Å². The first-order chi connectivity index (χ1) is 16.8. The van der Waals surface area contributed by atoms with Crippen LogP contribution in [-0.2, 0) is 4.79 Å². The van der Waals surface area contributed by atoms with Gasteiger partial charge in [-0.3, -0.25) is 14.6 Å². The van der Waals surface area contributed by atoms with Gasteiger partial charge in [0.25, 0.3) is 11.8 Å². The minimum atomic E-state index is -0.547. The Morgan fingerprint density at radius 1 is 1.09 bits per heavy atom. The molecule has 2 amide bonds. The van der Waals surface area contributed by atoms with Crippen molar-refractivity contribution in [3.8, 4) is 0 Å². The van der Waals surface area contributed by atoms with Gasteiger partial charge >= 0.3 is 0 Å². The lowest BCUT2D eigenvalue weighted by Crippen LogP contribution is -2.64. The number of hydrogen-bond acceptors (Lipinski definition) is 5. The summed E-state index contributed by atoms with van der Waals surface area (Å²) in [7, 11) is 0. The van der Waals surface area contributed by atoms with Gasteiger partial charge in [0.15, 0.2) is 5.84 Å². The minimum Gasteiger partial charge on any atom is -0.342 e. The number of carbonyl (C=O) groups excluding carboxylic acids is 2. The third-order valence-electron chi connectivity index (χ3n) is 6.85. The summed E-state index contributed by atoms with van der Waals surface area (Å²) in [5.74, 6) is 0.592. The van der Waals surface area contributed by atoms with E-state index in [0.29, 0.717) is 55.1 Å². The molecule has 1 aliphatic carbocycles. The Morgan fingerprint density at radius 2 is 1.89 bits per heavy atom. The maximum atomic E-state index is 13.5. The van der Waals surface area contributed by atoms with Crippen LogP contribution in [0.25, 0.3) is 5.57 Å². The van der Waals surface area contributed by atoms with E-state index >= 15 is 0 Å². The van der Waals surface area contributed by atoms with Crippen molar-refractivity contribution in [1.29, 1.82) is 0 Å². The SMILES string of the molecule is CC1(C)CN(C(=O)c2cccc(C3CC3)n2)CCN1C(=O)C1=NCCC(c2cccc(Cl)c2)=CN1. The molecule has 35 heavy (non-hydrogen) atoms. The number of amidine groups is 1. The number of pyridine rings is 1. The lowest BCUT2D eigenvalue weighted by Gasteiger charge is -2.47. The fraction of sp³-hybridized carbons (Fsp3) is 0.407. The van der Waals surface area contributed by atoms with Gasteiger partial charge in [0.2, 0.25) is 0 Å². The first-order valence-corrected chi connectivity index (χ1v) is 12.5. The van der Waals surface area contributed by atoms with Gasteiger partial charge in [-0.05, 0) is 68.5 Å². The number of benzene rings is 1. The van der Waals surface area contributed by atoms with Gasteiger partial charge in [0.1, 0.15) is 5.69 Å².